The van der Waals surface area contributed by atoms with E-state index < -0.39 is 5.97 Å². The number of nitrogens with one attached hydrogen (secondary N) is 1. The molecule has 2 aromatic carbocycles. The van der Waals surface area contributed by atoms with Gasteiger partial charge in [-0.25, -0.2) is 4.79 Å². The zero-order valence-corrected chi connectivity index (χ0v) is 17.9. The van der Waals surface area contributed by atoms with Crippen molar-refractivity contribution in [2.45, 2.75) is 11.8 Å². The molecule has 0 aliphatic carbocycles. The number of hydrogen-bond acceptors (Lipinski definition) is 7. The maximum Gasteiger partial charge on any atom is 0.339 e. The summed E-state index contributed by atoms with van der Waals surface area (Å²) in [5, 5.41) is 12.0. The van der Waals surface area contributed by atoms with Gasteiger partial charge in [-0.3, -0.25) is 4.79 Å². The molecule has 0 radical (unpaired) electrons. The fourth-order valence-corrected chi connectivity index (χ4v) is 3.42. The molecule has 10 heteroatoms. The Morgan fingerprint density at radius 3 is 2.63 bits per heavy atom. The molecule has 1 amide bonds. The van der Waals surface area contributed by atoms with Gasteiger partial charge in [0.25, 0.3) is 0 Å². The van der Waals surface area contributed by atoms with Crippen molar-refractivity contribution in [1.29, 1.82) is 0 Å². The number of esters is 1. The minimum atomic E-state index is -0.519. The zero-order valence-electron chi connectivity index (χ0n) is 16.3. The monoisotopic (exact) mass is 446 g/mol. The third-order valence-corrected chi connectivity index (χ3v) is 5.39. The summed E-state index contributed by atoms with van der Waals surface area (Å²) in [5.41, 5.74) is 0.678. The van der Waals surface area contributed by atoms with E-state index in [0.717, 1.165) is 0 Å². The molecule has 0 aliphatic rings. The molecule has 0 saturated carbocycles. The van der Waals surface area contributed by atoms with E-state index in [4.69, 9.17) is 21.1 Å². The zero-order chi connectivity index (χ0) is 21.5. The lowest BCUT2D eigenvalue weighted by Crippen LogP contribution is -2.17. The number of halogens is 1. The molecule has 0 unspecified atom stereocenters. The molecule has 0 saturated heterocycles. The summed E-state index contributed by atoms with van der Waals surface area (Å²) in [7, 11) is 3.08. The molecule has 0 bridgehead atoms. The quantitative estimate of drug-likeness (QED) is 0.417. The predicted octanol–water partition coefficient (Wildman–Crippen LogP) is 3.56. The van der Waals surface area contributed by atoms with Gasteiger partial charge in [-0.05, 0) is 24.3 Å². The number of amides is 1. The summed E-state index contributed by atoms with van der Waals surface area (Å²) in [6, 6.07) is 13.8. The first-order valence-electron chi connectivity index (χ1n) is 8.85. The van der Waals surface area contributed by atoms with E-state index in [1.165, 1.54) is 18.9 Å². The van der Waals surface area contributed by atoms with E-state index >= 15 is 0 Å². The lowest BCUT2D eigenvalue weighted by molar-refractivity contribution is -0.113. The Bertz CT molecular complexity index is 1060. The average molecular weight is 447 g/mol. The first-order valence-corrected chi connectivity index (χ1v) is 10.2. The molecule has 8 nitrogen and oxygen atoms in total. The van der Waals surface area contributed by atoms with Gasteiger partial charge in [0, 0.05) is 7.05 Å². The number of hydrogen-bond donors (Lipinski definition) is 1. The van der Waals surface area contributed by atoms with Gasteiger partial charge in [0.05, 0.1) is 29.1 Å². The summed E-state index contributed by atoms with van der Waals surface area (Å²) in [4.78, 5) is 24.1. The number of anilines is 1. The molecular weight excluding hydrogens is 428 g/mol. The Morgan fingerprint density at radius 2 is 1.87 bits per heavy atom. The van der Waals surface area contributed by atoms with Crippen molar-refractivity contribution >= 4 is 40.9 Å². The first-order chi connectivity index (χ1) is 14.5. The van der Waals surface area contributed by atoms with Crippen LogP contribution in [0.4, 0.5) is 5.69 Å². The second-order valence-corrected chi connectivity index (χ2v) is 7.40. The van der Waals surface area contributed by atoms with E-state index in [2.05, 4.69) is 15.5 Å². The second kappa shape index (κ2) is 10.1. The van der Waals surface area contributed by atoms with Gasteiger partial charge in [-0.2, -0.15) is 0 Å². The summed E-state index contributed by atoms with van der Waals surface area (Å²) < 4.78 is 12.2. The molecule has 0 atom stereocenters. The van der Waals surface area contributed by atoms with E-state index in [-0.39, 0.29) is 23.8 Å². The van der Waals surface area contributed by atoms with Crippen molar-refractivity contribution < 1.29 is 19.1 Å². The van der Waals surface area contributed by atoms with Crippen LogP contribution in [0.15, 0.2) is 53.7 Å². The van der Waals surface area contributed by atoms with Crippen molar-refractivity contribution in [2.24, 2.45) is 7.05 Å². The standard InChI is InChI=1S/C20H19ClN4O4S/c1-25-17(11-29-16-10-6-4-8-14(16)21)23-24-20(25)30-12-18(26)22-15-9-5-3-7-13(15)19(27)28-2/h3-10H,11-12H2,1-2H3,(H,22,26). The van der Waals surface area contributed by atoms with Crippen LogP contribution in [0, 0.1) is 0 Å². The van der Waals surface area contributed by atoms with Gasteiger partial charge >= 0.3 is 5.97 Å². The molecule has 1 aromatic heterocycles. The highest BCUT2D eigenvalue weighted by atomic mass is 35.5. The van der Waals surface area contributed by atoms with Crippen LogP contribution in [0.1, 0.15) is 16.2 Å². The molecule has 156 valence electrons. The smallest absolute Gasteiger partial charge is 0.339 e. The summed E-state index contributed by atoms with van der Waals surface area (Å²) in [5.74, 6) is 0.435. The number of benzene rings is 2. The van der Waals surface area contributed by atoms with Crippen LogP contribution in [0.2, 0.25) is 5.02 Å². The minimum absolute atomic E-state index is 0.0901. The Labute approximate surface area is 182 Å². The number of carbonyl (C=O) groups is 2. The van der Waals surface area contributed by atoms with Crippen molar-refractivity contribution in [3.63, 3.8) is 0 Å². The number of thioether (sulfide) groups is 1. The van der Waals surface area contributed by atoms with Crippen LogP contribution < -0.4 is 10.1 Å². The number of nitrogens with zero attached hydrogens (tertiary/aromatic N) is 3. The lowest BCUT2D eigenvalue weighted by atomic mass is 10.2. The average Bonchev–Trinajstić information content (AvgIpc) is 3.11. The maximum absolute atomic E-state index is 12.3. The maximum atomic E-state index is 12.3. The summed E-state index contributed by atoms with van der Waals surface area (Å²) in [6.07, 6.45) is 0. The van der Waals surface area contributed by atoms with E-state index in [9.17, 15) is 9.59 Å². The fourth-order valence-electron chi connectivity index (χ4n) is 2.50. The molecular formula is C20H19ClN4O4S. The molecule has 0 aliphatic heterocycles. The van der Waals surface area contributed by atoms with Gasteiger partial charge < -0.3 is 19.4 Å². The predicted molar refractivity (Wildman–Crippen MR) is 114 cm³/mol. The Balaban J connectivity index is 1.57. The highest BCUT2D eigenvalue weighted by molar-refractivity contribution is 7.99. The number of rotatable bonds is 8. The second-order valence-electron chi connectivity index (χ2n) is 6.05. The van der Waals surface area contributed by atoms with Crippen LogP contribution >= 0.6 is 23.4 Å². The third kappa shape index (κ3) is 5.31. The highest BCUT2D eigenvalue weighted by Gasteiger charge is 2.15. The van der Waals surface area contributed by atoms with Gasteiger partial charge in [0.2, 0.25) is 5.91 Å². The fraction of sp³-hybridized carbons (Fsp3) is 0.200. The minimum Gasteiger partial charge on any atom is -0.484 e. The van der Waals surface area contributed by atoms with Crippen LogP contribution in [-0.2, 0) is 23.2 Å². The number of ether oxygens (including phenoxy) is 2. The van der Waals surface area contributed by atoms with Crippen LogP contribution in [0.5, 0.6) is 5.75 Å². The Morgan fingerprint density at radius 1 is 1.13 bits per heavy atom. The number of methoxy groups -OCH3 is 1. The van der Waals surface area contributed by atoms with Crippen LogP contribution in [-0.4, -0.2) is 39.5 Å². The van der Waals surface area contributed by atoms with Gasteiger partial charge in [-0.1, -0.05) is 47.6 Å². The van der Waals surface area contributed by atoms with Gasteiger partial charge in [0.1, 0.15) is 12.4 Å². The van der Waals surface area contributed by atoms with E-state index in [1.54, 1.807) is 48.0 Å². The summed E-state index contributed by atoms with van der Waals surface area (Å²) >= 11 is 7.30. The van der Waals surface area contributed by atoms with E-state index in [1.807, 2.05) is 12.1 Å². The van der Waals surface area contributed by atoms with Crippen molar-refractivity contribution in [2.75, 3.05) is 18.2 Å². The molecule has 0 fully saturated rings. The van der Waals surface area contributed by atoms with Crippen LogP contribution in [0.25, 0.3) is 0 Å². The Kier molecular flexibility index (Phi) is 7.31. The van der Waals surface area contributed by atoms with Crippen LogP contribution in [0.3, 0.4) is 0 Å². The molecule has 0 spiro atoms. The molecule has 3 rings (SSSR count). The number of aromatic nitrogens is 3. The van der Waals surface area contributed by atoms with Gasteiger partial charge in [-0.15, -0.1) is 10.2 Å². The highest BCUT2D eigenvalue weighted by Crippen LogP contribution is 2.24. The number of carbonyl (C=O) groups excluding carboxylic acids is 2. The largest absolute Gasteiger partial charge is 0.484 e. The lowest BCUT2D eigenvalue weighted by Gasteiger charge is -2.09. The topological polar surface area (TPSA) is 95.3 Å². The van der Waals surface area contributed by atoms with Crippen molar-refractivity contribution in [1.82, 2.24) is 14.8 Å². The molecule has 1 N–H and O–H groups in total. The molecule has 1 heterocycles. The molecule has 30 heavy (non-hydrogen) atoms. The van der Waals surface area contributed by atoms with Crippen molar-refractivity contribution in [3.05, 3.63) is 64.9 Å². The molecule has 3 aromatic rings. The normalized spacial score (nSPS) is 10.5. The SMILES string of the molecule is COC(=O)c1ccccc1NC(=O)CSc1nnc(COc2ccccc2Cl)n1C. The number of para-hydroxylation sites is 2. The third-order valence-electron chi connectivity index (χ3n) is 4.06. The Hall–Kier alpha value is -3.04. The van der Waals surface area contributed by atoms with Crippen molar-refractivity contribution in [3.8, 4) is 5.75 Å². The van der Waals surface area contributed by atoms with Gasteiger partial charge in [0.15, 0.2) is 11.0 Å². The van der Waals surface area contributed by atoms with E-state index in [0.29, 0.717) is 27.4 Å². The first kappa shape index (κ1) is 21.7. The summed E-state index contributed by atoms with van der Waals surface area (Å²) in [6.45, 7) is 0.187.